The predicted molar refractivity (Wildman–Crippen MR) is 62.9 cm³/mol. The summed E-state index contributed by atoms with van der Waals surface area (Å²) in [6.45, 7) is 1.60. The number of nitrogens with zero attached hydrogens (tertiary/aromatic N) is 1. The first-order valence-corrected chi connectivity index (χ1v) is 5.38. The van der Waals surface area contributed by atoms with Gasteiger partial charge >= 0.3 is 0 Å². The van der Waals surface area contributed by atoms with Crippen LogP contribution in [0.2, 0.25) is 5.02 Å². The summed E-state index contributed by atoms with van der Waals surface area (Å²) in [7, 11) is 0. The van der Waals surface area contributed by atoms with Gasteiger partial charge in [-0.05, 0) is 6.42 Å². The molecule has 0 saturated carbocycles. The summed E-state index contributed by atoms with van der Waals surface area (Å²) in [5, 5.41) is 22.2. The van der Waals surface area contributed by atoms with Crippen molar-refractivity contribution < 1.29 is 14.4 Å². The van der Waals surface area contributed by atoms with Crippen LogP contribution in [0, 0.1) is 15.9 Å². The lowest BCUT2D eigenvalue weighted by Gasteiger charge is -2.15. The molecular weight excluding hydrogens is 251 g/mol. The van der Waals surface area contributed by atoms with E-state index in [-0.39, 0.29) is 29.0 Å². The normalized spacial score (nSPS) is 12.2. The van der Waals surface area contributed by atoms with Gasteiger partial charge in [0.05, 0.1) is 16.6 Å². The molecule has 94 valence electrons. The van der Waals surface area contributed by atoms with E-state index in [4.69, 9.17) is 16.7 Å². The van der Waals surface area contributed by atoms with Gasteiger partial charge in [0.15, 0.2) is 0 Å². The van der Waals surface area contributed by atoms with Gasteiger partial charge in [-0.1, -0.05) is 18.5 Å². The van der Waals surface area contributed by atoms with E-state index >= 15 is 0 Å². The van der Waals surface area contributed by atoms with Crippen LogP contribution in [0.25, 0.3) is 0 Å². The minimum Gasteiger partial charge on any atom is -0.394 e. The van der Waals surface area contributed by atoms with E-state index in [0.29, 0.717) is 6.42 Å². The molecule has 0 radical (unpaired) electrons. The zero-order valence-electron chi connectivity index (χ0n) is 9.11. The molecule has 0 amide bonds. The Balaban J connectivity index is 3.12. The van der Waals surface area contributed by atoms with Crippen LogP contribution >= 0.6 is 11.6 Å². The third-order valence-electron chi connectivity index (χ3n) is 2.31. The maximum atomic E-state index is 13.2. The van der Waals surface area contributed by atoms with Gasteiger partial charge in [-0.3, -0.25) is 10.1 Å². The number of aliphatic hydroxyl groups excluding tert-OH is 1. The lowest BCUT2D eigenvalue weighted by atomic mass is 10.2. The molecule has 0 spiro atoms. The first kappa shape index (κ1) is 13.7. The van der Waals surface area contributed by atoms with Crippen molar-refractivity contribution in [2.24, 2.45) is 0 Å². The number of anilines is 1. The van der Waals surface area contributed by atoms with E-state index < -0.39 is 10.7 Å². The quantitative estimate of drug-likeness (QED) is 0.632. The van der Waals surface area contributed by atoms with Gasteiger partial charge in [0.2, 0.25) is 0 Å². The third kappa shape index (κ3) is 3.28. The van der Waals surface area contributed by atoms with Crippen molar-refractivity contribution in [3.63, 3.8) is 0 Å². The summed E-state index contributed by atoms with van der Waals surface area (Å²) in [4.78, 5) is 10.1. The van der Waals surface area contributed by atoms with E-state index in [0.717, 1.165) is 12.1 Å². The zero-order chi connectivity index (χ0) is 13.0. The SMILES string of the molecule is CCC(CO)Nc1cc(F)c(Cl)cc1[N+](=O)[O-]. The molecule has 0 aliphatic rings. The first-order valence-electron chi connectivity index (χ1n) is 5.00. The molecule has 0 fully saturated rings. The molecule has 7 heteroatoms. The number of nitro benzene ring substituents is 1. The minimum absolute atomic E-state index is 0.0119. The fourth-order valence-corrected chi connectivity index (χ4v) is 1.46. The Hall–Kier alpha value is -1.40. The van der Waals surface area contributed by atoms with Crippen molar-refractivity contribution in [2.45, 2.75) is 19.4 Å². The number of hydrogen-bond acceptors (Lipinski definition) is 4. The second-order valence-corrected chi connectivity index (χ2v) is 3.88. The number of aliphatic hydroxyl groups is 1. The average Bonchev–Trinajstić information content (AvgIpc) is 2.29. The number of hydrogen-bond donors (Lipinski definition) is 2. The Morgan fingerprint density at radius 2 is 2.29 bits per heavy atom. The average molecular weight is 263 g/mol. The minimum atomic E-state index is -0.743. The predicted octanol–water partition coefficient (Wildman–Crippen LogP) is 2.57. The molecule has 0 aliphatic carbocycles. The molecule has 0 saturated heterocycles. The summed E-state index contributed by atoms with van der Waals surface area (Å²) < 4.78 is 13.2. The van der Waals surface area contributed by atoms with Crippen LogP contribution in [0.1, 0.15) is 13.3 Å². The summed E-state index contributed by atoms with van der Waals surface area (Å²) in [5.41, 5.74) is -0.305. The van der Waals surface area contributed by atoms with Crippen molar-refractivity contribution in [3.8, 4) is 0 Å². The number of nitrogens with one attached hydrogen (secondary N) is 1. The van der Waals surface area contributed by atoms with E-state index in [2.05, 4.69) is 5.32 Å². The van der Waals surface area contributed by atoms with Crippen molar-refractivity contribution in [1.29, 1.82) is 0 Å². The van der Waals surface area contributed by atoms with E-state index in [1.165, 1.54) is 0 Å². The van der Waals surface area contributed by atoms with Crippen molar-refractivity contribution in [3.05, 3.63) is 33.1 Å². The fraction of sp³-hybridized carbons (Fsp3) is 0.400. The highest BCUT2D eigenvalue weighted by Gasteiger charge is 2.19. The number of rotatable bonds is 5. The van der Waals surface area contributed by atoms with Gasteiger partial charge in [0.1, 0.15) is 11.5 Å². The maximum Gasteiger partial charge on any atom is 0.294 e. The summed E-state index contributed by atoms with van der Waals surface area (Å²) in [5.74, 6) is -0.743. The molecule has 1 aromatic rings. The lowest BCUT2D eigenvalue weighted by Crippen LogP contribution is -2.23. The van der Waals surface area contributed by atoms with Gasteiger partial charge in [-0.25, -0.2) is 4.39 Å². The Morgan fingerprint density at radius 1 is 1.65 bits per heavy atom. The largest absolute Gasteiger partial charge is 0.394 e. The molecule has 0 heterocycles. The Labute approximate surface area is 102 Å². The van der Waals surface area contributed by atoms with Crippen molar-refractivity contribution in [2.75, 3.05) is 11.9 Å². The zero-order valence-corrected chi connectivity index (χ0v) is 9.87. The molecule has 0 aromatic heterocycles. The van der Waals surface area contributed by atoms with E-state index in [1.54, 1.807) is 6.92 Å². The van der Waals surface area contributed by atoms with Crippen LogP contribution in [-0.2, 0) is 0 Å². The van der Waals surface area contributed by atoms with Crippen LogP contribution in [0.4, 0.5) is 15.8 Å². The molecule has 1 rings (SSSR count). The van der Waals surface area contributed by atoms with E-state index in [9.17, 15) is 14.5 Å². The van der Waals surface area contributed by atoms with Gasteiger partial charge in [0.25, 0.3) is 5.69 Å². The molecule has 0 aliphatic heterocycles. The van der Waals surface area contributed by atoms with Gasteiger partial charge in [0, 0.05) is 18.2 Å². The fourth-order valence-electron chi connectivity index (χ4n) is 1.30. The van der Waals surface area contributed by atoms with Crippen molar-refractivity contribution in [1.82, 2.24) is 0 Å². The molecule has 0 bridgehead atoms. The standard InChI is InChI=1S/C10H12ClFN2O3/c1-2-6(5-15)13-9-4-8(12)7(11)3-10(9)14(16)17/h3-4,6,13,15H,2,5H2,1H3. The second-order valence-electron chi connectivity index (χ2n) is 3.47. The monoisotopic (exact) mass is 262 g/mol. The second kappa shape index (κ2) is 5.79. The molecule has 5 nitrogen and oxygen atoms in total. The molecular formula is C10H12ClFN2O3. The summed E-state index contributed by atoms with van der Waals surface area (Å²) in [6, 6.07) is 1.54. The Morgan fingerprint density at radius 3 is 2.76 bits per heavy atom. The van der Waals surface area contributed by atoms with Crippen LogP contribution in [0.5, 0.6) is 0 Å². The van der Waals surface area contributed by atoms with Gasteiger partial charge in [-0.2, -0.15) is 0 Å². The maximum absolute atomic E-state index is 13.2. The molecule has 1 aromatic carbocycles. The number of nitro groups is 1. The highest BCUT2D eigenvalue weighted by atomic mass is 35.5. The smallest absolute Gasteiger partial charge is 0.294 e. The summed E-state index contributed by atoms with van der Waals surface area (Å²) in [6.07, 6.45) is 0.553. The van der Waals surface area contributed by atoms with Crippen LogP contribution in [-0.4, -0.2) is 22.7 Å². The highest BCUT2D eigenvalue weighted by Crippen LogP contribution is 2.30. The first-order chi connectivity index (χ1) is 7.99. The third-order valence-corrected chi connectivity index (χ3v) is 2.60. The summed E-state index contributed by atoms with van der Waals surface area (Å²) >= 11 is 5.48. The molecule has 2 N–H and O–H groups in total. The van der Waals surface area contributed by atoms with Crippen LogP contribution in [0.3, 0.4) is 0 Å². The number of halogens is 2. The Bertz CT molecular complexity index is 424. The Kier molecular flexibility index (Phi) is 4.65. The van der Waals surface area contributed by atoms with Gasteiger partial charge < -0.3 is 10.4 Å². The lowest BCUT2D eigenvalue weighted by molar-refractivity contribution is -0.384. The highest BCUT2D eigenvalue weighted by molar-refractivity contribution is 6.31. The molecule has 17 heavy (non-hydrogen) atoms. The van der Waals surface area contributed by atoms with Crippen LogP contribution in [0.15, 0.2) is 12.1 Å². The topological polar surface area (TPSA) is 75.4 Å². The van der Waals surface area contributed by atoms with Crippen LogP contribution < -0.4 is 5.32 Å². The van der Waals surface area contributed by atoms with Gasteiger partial charge in [-0.15, -0.1) is 0 Å². The van der Waals surface area contributed by atoms with E-state index in [1.807, 2.05) is 0 Å². The number of benzene rings is 1. The van der Waals surface area contributed by atoms with Crippen molar-refractivity contribution >= 4 is 23.0 Å². The molecule has 1 atom stereocenters. The molecule has 1 unspecified atom stereocenters.